The van der Waals surface area contributed by atoms with Gasteiger partial charge in [0.25, 0.3) is 0 Å². The Morgan fingerprint density at radius 3 is 3.00 bits per heavy atom. The van der Waals surface area contributed by atoms with Gasteiger partial charge >= 0.3 is 0 Å². The van der Waals surface area contributed by atoms with Gasteiger partial charge < -0.3 is 8.83 Å². The Hall–Kier alpha value is -2.36. The highest BCUT2D eigenvalue weighted by molar-refractivity contribution is 5.73. The maximum Gasteiger partial charge on any atom is 0.185 e. The van der Waals surface area contributed by atoms with Gasteiger partial charge in [-0.25, -0.2) is 4.98 Å². The molecule has 0 aliphatic heterocycles. The Morgan fingerprint density at radius 1 is 1.24 bits per heavy atom. The van der Waals surface area contributed by atoms with E-state index in [1.807, 2.05) is 18.2 Å². The van der Waals surface area contributed by atoms with Gasteiger partial charge in [-0.2, -0.15) is 0 Å². The van der Waals surface area contributed by atoms with Crippen LogP contribution in [-0.4, -0.2) is 11.3 Å². The van der Waals surface area contributed by atoms with Crippen molar-refractivity contribution >= 4 is 17.4 Å². The zero-order valence-corrected chi connectivity index (χ0v) is 8.92. The molecule has 0 spiro atoms. The van der Waals surface area contributed by atoms with Gasteiger partial charge in [-0.05, 0) is 29.8 Å². The summed E-state index contributed by atoms with van der Waals surface area (Å²) in [5.41, 5.74) is 2.65. The minimum atomic E-state index is 0.348. The first-order chi connectivity index (χ1) is 8.35. The van der Waals surface area contributed by atoms with E-state index in [2.05, 4.69) is 4.98 Å². The summed E-state index contributed by atoms with van der Waals surface area (Å²) in [5.74, 6) is 1.10. The van der Waals surface area contributed by atoms with Crippen molar-refractivity contribution in [3.05, 3.63) is 53.8 Å². The molecule has 2 aromatic heterocycles. The predicted molar refractivity (Wildman–Crippen MR) is 60.9 cm³/mol. The van der Waals surface area contributed by atoms with Crippen LogP contribution >= 0.6 is 0 Å². The Kier molecular flexibility index (Phi) is 2.26. The molecular weight excluding hydrogens is 218 g/mol. The van der Waals surface area contributed by atoms with E-state index in [4.69, 9.17) is 8.83 Å². The average Bonchev–Trinajstić information content (AvgIpc) is 2.96. The van der Waals surface area contributed by atoms with Crippen LogP contribution in [0, 0.1) is 0 Å². The Labute approximate surface area is 96.9 Å². The SMILES string of the molecule is O=Cc1ccc(Cc2ccc3ncoc3c2)o1. The Morgan fingerprint density at radius 2 is 2.18 bits per heavy atom. The summed E-state index contributed by atoms with van der Waals surface area (Å²) < 4.78 is 10.5. The second-order valence-corrected chi connectivity index (χ2v) is 3.75. The molecule has 4 nitrogen and oxygen atoms in total. The number of oxazole rings is 1. The predicted octanol–water partition coefficient (Wildman–Crippen LogP) is 2.82. The summed E-state index contributed by atoms with van der Waals surface area (Å²) in [6, 6.07) is 9.25. The molecule has 0 radical (unpaired) electrons. The molecule has 0 fully saturated rings. The van der Waals surface area contributed by atoms with Crippen LogP contribution in [0.3, 0.4) is 0 Å². The van der Waals surface area contributed by atoms with Gasteiger partial charge in [0.2, 0.25) is 0 Å². The number of nitrogens with zero attached hydrogens (tertiary/aromatic N) is 1. The highest BCUT2D eigenvalue weighted by Crippen LogP contribution is 2.18. The summed E-state index contributed by atoms with van der Waals surface area (Å²) in [6.45, 7) is 0. The highest BCUT2D eigenvalue weighted by Gasteiger charge is 2.05. The van der Waals surface area contributed by atoms with Gasteiger partial charge in [0.05, 0.1) is 0 Å². The van der Waals surface area contributed by atoms with Crippen molar-refractivity contribution < 1.29 is 13.6 Å². The highest BCUT2D eigenvalue weighted by atomic mass is 16.3. The Bertz CT molecular complexity index is 666. The number of fused-ring (bicyclic) bond motifs is 1. The molecule has 4 heteroatoms. The molecule has 1 aromatic carbocycles. The second kappa shape index (κ2) is 3.90. The van der Waals surface area contributed by atoms with E-state index in [1.54, 1.807) is 12.1 Å². The fraction of sp³-hybridized carbons (Fsp3) is 0.0769. The van der Waals surface area contributed by atoms with Crippen LogP contribution in [0.1, 0.15) is 21.9 Å². The molecule has 0 unspecified atom stereocenters. The van der Waals surface area contributed by atoms with Crippen LogP contribution in [-0.2, 0) is 6.42 Å². The maximum absolute atomic E-state index is 10.5. The third-order valence-corrected chi connectivity index (χ3v) is 2.57. The van der Waals surface area contributed by atoms with Gasteiger partial charge in [0, 0.05) is 6.42 Å². The van der Waals surface area contributed by atoms with Gasteiger partial charge in [-0.15, -0.1) is 0 Å². The fourth-order valence-electron chi connectivity index (χ4n) is 1.76. The van der Waals surface area contributed by atoms with Gasteiger partial charge in [0.1, 0.15) is 11.3 Å². The van der Waals surface area contributed by atoms with Crippen molar-refractivity contribution in [2.45, 2.75) is 6.42 Å². The van der Waals surface area contributed by atoms with Crippen LogP contribution in [0.5, 0.6) is 0 Å². The lowest BCUT2D eigenvalue weighted by atomic mass is 10.1. The van der Waals surface area contributed by atoms with Gasteiger partial charge in [0.15, 0.2) is 24.0 Å². The quantitative estimate of drug-likeness (QED) is 0.645. The number of carbonyl (C=O) groups is 1. The molecule has 0 bridgehead atoms. The molecule has 0 amide bonds. The van der Waals surface area contributed by atoms with E-state index >= 15 is 0 Å². The maximum atomic E-state index is 10.5. The third-order valence-electron chi connectivity index (χ3n) is 2.57. The van der Waals surface area contributed by atoms with E-state index in [0.717, 1.165) is 22.4 Å². The number of benzene rings is 1. The zero-order valence-electron chi connectivity index (χ0n) is 8.92. The minimum absolute atomic E-state index is 0.348. The number of rotatable bonds is 3. The van der Waals surface area contributed by atoms with Crippen LogP contribution in [0.2, 0.25) is 0 Å². The summed E-state index contributed by atoms with van der Waals surface area (Å²) >= 11 is 0. The van der Waals surface area contributed by atoms with Crippen molar-refractivity contribution in [3.63, 3.8) is 0 Å². The zero-order chi connectivity index (χ0) is 11.7. The normalized spacial score (nSPS) is 10.8. The number of aldehydes is 1. The molecular formula is C13H9NO3. The first-order valence-electron chi connectivity index (χ1n) is 5.21. The van der Waals surface area contributed by atoms with Crippen LogP contribution in [0.4, 0.5) is 0 Å². The molecule has 3 aromatic rings. The van der Waals surface area contributed by atoms with Gasteiger partial charge in [-0.3, -0.25) is 4.79 Å². The number of hydrogen-bond donors (Lipinski definition) is 0. The van der Waals surface area contributed by atoms with E-state index in [0.29, 0.717) is 18.5 Å². The molecule has 0 saturated carbocycles. The van der Waals surface area contributed by atoms with Crippen molar-refractivity contribution in [1.29, 1.82) is 0 Å². The monoisotopic (exact) mass is 227 g/mol. The molecule has 84 valence electrons. The molecule has 3 rings (SSSR count). The van der Waals surface area contributed by atoms with Crippen molar-refractivity contribution in [3.8, 4) is 0 Å². The van der Waals surface area contributed by atoms with Crippen LogP contribution in [0.15, 0.2) is 45.6 Å². The first-order valence-corrected chi connectivity index (χ1v) is 5.21. The molecule has 0 atom stereocenters. The minimum Gasteiger partial charge on any atom is -0.458 e. The first kappa shape index (κ1) is 9.84. The van der Waals surface area contributed by atoms with Crippen LogP contribution < -0.4 is 0 Å². The topological polar surface area (TPSA) is 56.2 Å². The van der Waals surface area contributed by atoms with Crippen molar-refractivity contribution in [2.75, 3.05) is 0 Å². The molecule has 0 aliphatic rings. The third kappa shape index (κ3) is 1.85. The lowest BCUT2D eigenvalue weighted by Gasteiger charge is -1.97. The lowest BCUT2D eigenvalue weighted by molar-refractivity contribution is 0.109. The van der Waals surface area contributed by atoms with Crippen molar-refractivity contribution in [1.82, 2.24) is 4.98 Å². The molecule has 17 heavy (non-hydrogen) atoms. The van der Waals surface area contributed by atoms with Crippen molar-refractivity contribution in [2.24, 2.45) is 0 Å². The number of furan rings is 1. The molecule has 2 heterocycles. The summed E-state index contributed by atoms with van der Waals surface area (Å²) in [4.78, 5) is 14.5. The number of carbonyl (C=O) groups excluding carboxylic acids is 1. The van der Waals surface area contributed by atoms with E-state index in [1.165, 1.54) is 6.39 Å². The average molecular weight is 227 g/mol. The largest absolute Gasteiger partial charge is 0.458 e. The van der Waals surface area contributed by atoms with Gasteiger partial charge in [-0.1, -0.05) is 6.07 Å². The number of aromatic nitrogens is 1. The van der Waals surface area contributed by atoms with E-state index in [-0.39, 0.29) is 0 Å². The summed E-state index contributed by atoms with van der Waals surface area (Å²) in [5, 5.41) is 0. The molecule has 0 saturated heterocycles. The second-order valence-electron chi connectivity index (χ2n) is 3.75. The lowest BCUT2D eigenvalue weighted by Crippen LogP contribution is -1.85. The van der Waals surface area contributed by atoms with Crippen LogP contribution in [0.25, 0.3) is 11.1 Å². The molecule has 0 aliphatic carbocycles. The standard InChI is InChI=1S/C13H9NO3/c15-7-11-3-2-10(17-11)5-9-1-4-12-13(6-9)16-8-14-12/h1-4,6-8H,5H2. The number of hydrogen-bond acceptors (Lipinski definition) is 4. The van der Waals surface area contributed by atoms with E-state index < -0.39 is 0 Å². The summed E-state index contributed by atoms with van der Waals surface area (Å²) in [7, 11) is 0. The Balaban J connectivity index is 1.90. The molecule has 0 N–H and O–H groups in total. The smallest absolute Gasteiger partial charge is 0.185 e. The fourth-order valence-corrected chi connectivity index (χ4v) is 1.76. The van der Waals surface area contributed by atoms with E-state index in [9.17, 15) is 4.79 Å². The summed E-state index contributed by atoms with van der Waals surface area (Å²) in [6.07, 6.45) is 2.75.